The smallest absolute Gasteiger partial charge is 0.336 e. The van der Waals surface area contributed by atoms with Crippen LogP contribution in [0.3, 0.4) is 0 Å². The van der Waals surface area contributed by atoms with Gasteiger partial charge in [0.2, 0.25) is 0 Å². The van der Waals surface area contributed by atoms with Gasteiger partial charge in [-0.25, -0.2) is 9.59 Å². The van der Waals surface area contributed by atoms with Crippen molar-refractivity contribution in [2.24, 2.45) is 0 Å². The highest BCUT2D eigenvalue weighted by Gasteiger charge is 2.37. The number of hydrogen-bond donors (Lipinski definition) is 0. The average Bonchev–Trinajstić information content (AvgIpc) is 3.27. The van der Waals surface area contributed by atoms with Gasteiger partial charge in [0, 0.05) is 18.0 Å². The highest BCUT2D eigenvalue weighted by atomic mass is 32.1. The zero-order chi connectivity index (χ0) is 20.8. The van der Waals surface area contributed by atoms with Gasteiger partial charge in [-0.2, -0.15) is 11.3 Å². The molecule has 0 bridgehead atoms. The molecule has 3 rings (SSSR count). The molecule has 0 saturated carbocycles. The van der Waals surface area contributed by atoms with Gasteiger partial charge in [0.15, 0.2) is 0 Å². The molecular formula is C22H21NO5S. The van der Waals surface area contributed by atoms with E-state index in [4.69, 9.17) is 9.47 Å². The molecule has 29 heavy (non-hydrogen) atoms. The van der Waals surface area contributed by atoms with Gasteiger partial charge in [0.05, 0.1) is 30.3 Å². The molecule has 150 valence electrons. The first-order chi connectivity index (χ1) is 14.1. The molecule has 1 aliphatic heterocycles. The molecule has 1 aliphatic rings. The molecule has 1 aromatic carbocycles. The lowest BCUT2D eigenvalue weighted by Gasteiger charge is -2.29. The Morgan fingerprint density at radius 1 is 0.931 bits per heavy atom. The molecule has 0 aliphatic carbocycles. The molecule has 0 spiro atoms. The highest BCUT2D eigenvalue weighted by molar-refractivity contribution is 7.08. The number of esters is 2. The average molecular weight is 411 g/mol. The van der Waals surface area contributed by atoms with Gasteiger partial charge >= 0.3 is 11.9 Å². The maximum absolute atomic E-state index is 13.0. The summed E-state index contributed by atoms with van der Waals surface area (Å²) in [5, 5.41) is 3.72. The Balaban J connectivity index is 2.10. The summed E-state index contributed by atoms with van der Waals surface area (Å²) in [7, 11) is 0. The van der Waals surface area contributed by atoms with E-state index in [2.05, 4.69) is 0 Å². The summed E-state index contributed by atoms with van der Waals surface area (Å²) in [5.41, 5.74) is 1.61. The molecule has 0 fully saturated rings. The van der Waals surface area contributed by atoms with Gasteiger partial charge < -0.3 is 9.47 Å². The number of amides is 1. The van der Waals surface area contributed by atoms with Crippen LogP contribution < -0.4 is 0 Å². The van der Waals surface area contributed by atoms with Crippen molar-refractivity contribution in [3.05, 3.63) is 81.8 Å². The van der Waals surface area contributed by atoms with Gasteiger partial charge in [0.25, 0.3) is 5.91 Å². The van der Waals surface area contributed by atoms with E-state index in [-0.39, 0.29) is 30.3 Å². The second-order valence-electron chi connectivity index (χ2n) is 6.18. The first-order valence-corrected chi connectivity index (χ1v) is 10.2. The van der Waals surface area contributed by atoms with Gasteiger partial charge in [-0.3, -0.25) is 9.69 Å². The Bertz CT molecular complexity index is 911. The predicted molar refractivity (Wildman–Crippen MR) is 109 cm³/mol. The second kappa shape index (κ2) is 9.34. The first-order valence-electron chi connectivity index (χ1n) is 9.24. The number of rotatable bonds is 6. The zero-order valence-electron chi connectivity index (χ0n) is 16.2. The van der Waals surface area contributed by atoms with Gasteiger partial charge in [0.1, 0.15) is 0 Å². The minimum atomic E-state index is -0.667. The number of carbonyl (C=O) groups is 3. The fourth-order valence-corrected chi connectivity index (χ4v) is 3.76. The lowest BCUT2D eigenvalue weighted by atomic mass is 9.84. The van der Waals surface area contributed by atoms with Crippen LogP contribution in [0.15, 0.2) is 70.7 Å². The molecule has 0 N–H and O–H groups in total. The quantitative estimate of drug-likeness (QED) is 0.675. The largest absolute Gasteiger partial charge is 0.463 e. The molecule has 1 aromatic heterocycles. The third-order valence-corrected chi connectivity index (χ3v) is 5.03. The van der Waals surface area contributed by atoms with E-state index in [9.17, 15) is 14.4 Å². The molecule has 1 amide bonds. The van der Waals surface area contributed by atoms with E-state index < -0.39 is 17.9 Å². The van der Waals surface area contributed by atoms with Crippen LogP contribution in [0.25, 0.3) is 0 Å². The summed E-state index contributed by atoms with van der Waals surface area (Å²) in [6.07, 6.45) is 2.89. The van der Waals surface area contributed by atoms with Crippen LogP contribution in [0.1, 0.15) is 35.7 Å². The Hall–Kier alpha value is -3.19. The topological polar surface area (TPSA) is 72.9 Å². The summed E-state index contributed by atoms with van der Waals surface area (Å²) < 4.78 is 10.4. The van der Waals surface area contributed by atoms with Crippen molar-refractivity contribution in [3.63, 3.8) is 0 Å². The van der Waals surface area contributed by atoms with Crippen LogP contribution in [0.2, 0.25) is 0 Å². The molecule has 6 nitrogen and oxygen atoms in total. The summed E-state index contributed by atoms with van der Waals surface area (Å²) in [6.45, 7) is 3.76. The fraction of sp³-hybridized carbons (Fsp3) is 0.227. The molecule has 7 heteroatoms. The molecular weight excluding hydrogens is 390 g/mol. The number of thiophene rings is 1. The molecule has 2 heterocycles. The van der Waals surface area contributed by atoms with Crippen molar-refractivity contribution in [3.8, 4) is 0 Å². The molecule has 0 unspecified atom stereocenters. The fourth-order valence-electron chi connectivity index (χ4n) is 3.07. The van der Waals surface area contributed by atoms with Crippen molar-refractivity contribution in [1.82, 2.24) is 4.90 Å². The maximum atomic E-state index is 13.0. The van der Waals surface area contributed by atoms with E-state index in [1.807, 2.05) is 16.8 Å². The third kappa shape index (κ3) is 4.46. The van der Waals surface area contributed by atoms with Crippen LogP contribution in [-0.2, 0) is 19.1 Å². The number of ether oxygens (including phenoxy) is 2. The monoisotopic (exact) mass is 411 g/mol. The highest BCUT2D eigenvalue weighted by Crippen LogP contribution is 2.38. The number of benzene rings is 1. The Morgan fingerprint density at radius 2 is 1.52 bits per heavy atom. The Kier molecular flexibility index (Phi) is 6.61. The minimum absolute atomic E-state index is 0.178. The normalized spacial score (nSPS) is 14.1. The standard InChI is InChI=1S/C22H21NO5S/c1-3-27-21(25)17-12-23(20(24)15-8-6-5-7-9-15)13-18(22(26)28-4-2)19(17)16-10-11-29-14-16/h5-14,19H,3-4H2,1-2H3. The van der Waals surface area contributed by atoms with Crippen molar-refractivity contribution < 1.29 is 23.9 Å². The van der Waals surface area contributed by atoms with Crippen molar-refractivity contribution >= 4 is 29.2 Å². The predicted octanol–water partition coefficient (Wildman–Crippen LogP) is 3.88. The summed E-state index contributed by atoms with van der Waals surface area (Å²) in [4.78, 5) is 39.7. The Morgan fingerprint density at radius 3 is 2.00 bits per heavy atom. The van der Waals surface area contributed by atoms with E-state index in [0.29, 0.717) is 5.56 Å². The van der Waals surface area contributed by atoms with Gasteiger partial charge in [-0.05, 0) is 48.4 Å². The van der Waals surface area contributed by atoms with Crippen LogP contribution in [0, 0.1) is 0 Å². The lowest BCUT2D eigenvalue weighted by molar-refractivity contribution is -0.139. The molecule has 0 saturated heterocycles. The van der Waals surface area contributed by atoms with E-state index >= 15 is 0 Å². The second-order valence-corrected chi connectivity index (χ2v) is 6.96. The summed E-state index contributed by atoms with van der Waals surface area (Å²) >= 11 is 1.45. The van der Waals surface area contributed by atoms with E-state index in [0.717, 1.165) is 5.56 Å². The van der Waals surface area contributed by atoms with Crippen molar-refractivity contribution in [1.29, 1.82) is 0 Å². The van der Waals surface area contributed by atoms with Crippen LogP contribution in [0.5, 0.6) is 0 Å². The van der Waals surface area contributed by atoms with E-state index in [1.54, 1.807) is 44.2 Å². The van der Waals surface area contributed by atoms with Crippen molar-refractivity contribution in [2.75, 3.05) is 13.2 Å². The number of nitrogens with zero attached hydrogens (tertiary/aromatic N) is 1. The van der Waals surface area contributed by atoms with Gasteiger partial charge in [-0.15, -0.1) is 0 Å². The number of hydrogen-bond acceptors (Lipinski definition) is 6. The number of carbonyl (C=O) groups excluding carboxylic acids is 3. The third-order valence-electron chi connectivity index (χ3n) is 4.33. The van der Waals surface area contributed by atoms with E-state index in [1.165, 1.54) is 28.6 Å². The van der Waals surface area contributed by atoms with Crippen LogP contribution in [-0.4, -0.2) is 36.0 Å². The summed E-state index contributed by atoms with van der Waals surface area (Å²) in [6, 6.07) is 10.5. The molecule has 0 radical (unpaired) electrons. The first kappa shape index (κ1) is 20.5. The SMILES string of the molecule is CCOC(=O)C1=CN(C(=O)c2ccccc2)C=C(C(=O)OCC)C1c1ccsc1. The van der Waals surface area contributed by atoms with Crippen molar-refractivity contribution in [2.45, 2.75) is 19.8 Å². The van der Waals surface area contributed by atoms with Gasteiger partial charge in [-0.1, -0.05) is 18.2 Å². The van der Waals surface area contributed by atoms with Crippen LogP contribution in [0.4, 0.5) is 0 Å². The molecule has 0 atom stereocenters. The minimum Gasteiger partial charge on any atom is -0.463 e. The van der Waals surface area contributed by atoms with Crippen LogP contribution >= 0.6 is 11.3 Å². The maximum Gasteiger partial charge on any atom is 0.336 e. The lowest BCUT2D eigenvalue weighted by Crippen LogP contribution is -2.32. The zero-order valence-corrected chi connectivity index (χ0v) is 17.0. The Labute approximate surface area is 173 Å². The summed E-state index contributed by atoms with van der Waals surface area (Å²) in [5.74, 6) is -2.19. The molecule has 2 aromatic rings.